The Bertz CT molecular complexity index is 390. The van der Waals surface area contributed by atoms with Crippen molar-refractivity contribution < 1.29 is 4.74 Å². The molecule has 3 heteroatoms. The van der Waals surface area contributed by atoms with Crippen molar-refractivity contribution in [3.05, 3.63) is 29.8 Å². The quantitative estimate of drug-likeness (QED) is 0.846. The molecule has 1 aromatic rings. The molecular formula is C14H18N2O. The van der Waals surface area contributed by atoms with Crippen LogP contribution in [0.15, 0.2) is 24.3 Å². The van der Waals surface area contributed by atoms with Gasteiger partial charge in [-0.3, -0.25) is 0 Å². The maximum absolute atomic E-state index is 8.42. The number of ether oxygens (including phenoxy) is 1. The minimum Gasteiger partial charge on any atom is -0.479 e. The van der Waals surface area contributed by atoms with E-state index in [0.717, 1.165) is 5.75 Å². The van der Waals surface area contributed by atoms with Crippen molar-refractivity contribution in [3.8, 4) is 11.8 Å². The van der Waals surface area contributed by atoms with E-state index in [-0.39, 0.29) is 6.61 Å². The van der Waals surface area contributed by atoms with Crippen molar-refractivity contribution in [3.63, 3.8) is 0 Å². The fourth-order valence-electron chi connectivity index (χ4n) is 1.99. The third-order valence-electron chi connectivity index (χ3n) is 3.27. The van der Waals surface area contributed by atoms with Crippen molar-refractivity contribution in [1.82, 2.24) is 5.32 Å². The molecule has 1 aliphatic carbocycles. The first-order valence-electron chi connectivity index (χ1n) is 6.15. The summed E-state index contributed by atoms with van der Waals surface area (Å²) in [6, 6.07) is 11.0. The maximum atomic E-state index is 8.42. The highest BCUT2D eigenvalue weighted by atomic mass is 16.5. The van der Waals surface area contributed by atoms with Crippen LogP contribution >= 0.6 is 0 Å². The zero-order chi connectivity index (χ0) is 12.1. The molecule has 2 rings (SSSR count). The van der Waals surface area contributed by atoms with Crippen molar-refractivity contribution in [2.24, 2.45) is 0 Å². The van der Waals surface area contributed by atoms with Crippen LogP contribution in [0, 0.1) is 11.3 Å². The second-order valence-corrected chi connectivity index (χ2v) is 4.53. The first-order chi connectivity index (χ1) is 8.29. The van der Waals surface area contributed by atoms with Gasteiger partial charge in [0.1, 0.15) is 11.8 Å². The Kier molecular flexibility index (Phi) is 4.00. The molecule has 0 bridgehead atoms. The maximum Gasteiger partial charge on any atom is 0.174 e. The van der Waals surface area contributed by atoms with Gasteiger partial charge >= 0.3 is 0 Å². The van der Waals surface area contributed by atoms with Crippen LogP contribution in [0.1, 0.15) is 37.8 Å². The second kappa shape index (κ2) is 5.70. The topological polar surface area (TPSA) is 45.0 Å². The zero-order valence-electron chi connectivity index (χ0n) is 10.1. The normalized spacial score (nSPS) is 16.9. The lowest BCUT2D eigenvalue weighted by Gasteiger charge is -2.30. The minimum atomic E-state index is 0.106. The summed E-state index contributed by atoms with van der Waals surface area (Å²) in [5, 5.41) is 12.0. The highest BCUT2D eigenvalue weighted by molar-refractivity contribution is 5.29. The Morgan fingerprint density at radius 1 is 1.41 bits per heavy atom. The lowest BCUT2D eigenvalue weighted by molar-refractivity contribution is 0.313. The molecule has 90 valence electrons. The van der Waals surface area contributed by atoms with E-state index in [2.05, 4.69) is 24.4 Å². The molecule has 1 atom stereocenters. The summed E-state index contributed by atoms with van der Waals surface area (Å²) in [7, 11) is 0. The standard InChI is InChI=1S/C14H18N2O/c1-11(16-13-3-2-4-13)12-5-7-14(8-6-12)17-10-9-15/h5-8,11,13,16H,2-4,10H2,1H3. The van der Waals surface area contributed by atoms with Crippen LogP contribution in [0.3, 0.4) is 0 Å². The van der Waals surface area contributed by atoms with Crippen LogP contribution in [0.4, 0.5) is 0 Å². The van der Waals surface area contributed by atoms with Gasteiger partial charge in [-0.2, -0.15) is 5.26 Å². The summed E-state index contributed by atoms with van der Waals surface area (Å²) in [5.74, 6) is 0.756. The largest absolute Gasteiger partial charge is 0.479 e. The monoisotopic (exact) mass is 230 g/mol. The van der Waals surface area contributed by atoms with E-state index >= 15 is 0 Å². The molecule has 0 radical (unpaired) electrons. The van der Waals surface area contributed by atoms with Crippen molar-refractivity contribution in [2.45, 2.75) is 38.3 Å². The molecule has 1 saturated carbocycles. The van der Waals surface area contributed by atoms with Gasteiger partial charge in [-0.1, -0.05) is 18.6 Å². The summed E-state index contributed by atoms with van der Waals surface area (Å²) in [6.07, 6.45) is 3.95. The van der Waals surface area contributed by atoms with Crippen LogP contribution in [0.2, 0.25) is 0 Å². The average Bonchev–Trinajstić information content (AvgIpc) is 2.31. The lowest BCUT2D eigenvalue weighted by Crippen LogP contribution is -2.36. The Morgan fingerprint density at radius 3 is 2.65 bits per heavy atom. The van der Waals surface area contributed by atoms with E-state index in [0.29, 0.717) is 12.1 Å². The fourth-order valence-corrected chi connectivity index (χ4v) is 1.99. The molecule has 1 aliphatic rings. The number of hydrogen-bond donors (Lipinski definition) is 1. The van der Waals surface area contributed by atoms with E-state index in [1.807, 2.05) is 18.2 Å². The molecule has 1 fully saturated rings. The first kappa shape index (κ1) is 11.9. The van der Waals surface area contributed by atoms with Crippen LogP contribution in [0.25, 0.3) is 0 Å². The Balaban J connectivity index is 1.89. The van der Waals surface area contributed by atoms with Gasteiger partial charge in [-0.25, -0.2) is 0 Å². The van der Waals surface area contributed by atoms with Crippen LogP contribution in [0.5, 0.6) is 5.75 Å². The number of hydrogen-bond acceptors (Lipinski definition) is 3. The first-order valence-corrected chi connectivity index (χ1v) is 6.15. The fraction of sp³-hybridized carbons (Fsp3) is 0.500. The van der Waals surface area contributed by atoms with E-state index < -0.39 is 0 Å². The lowest BCUT2D eigenvalue weighted by atomic mass is 9.92. The average molecular weight is 230 g/mol. The molecule has 0 aromatic heterocycles. The van der Waals surface area contributed by atoms with Crippen molar-refractivity contribution in [1.29, 1.82) is 5.26 Å². The van der Waals surface area contributed by atoms with Crippen molar-refractivity contribution in [2.75, 3.05) is 6.61 Å². The summed E-state index contributed by atoms with van der Waals surface area (Å²) >= 11 is 0. The van der Waals surface area contributed by atoms with Gasteiger partial charge in [0, 0.05) is 12.1 Å². The number of rotatable bonds is 5. The molecular weight excluding hydrogens is 212 g/mol. The Labute approximate surface area is 102 Å². The molecule has 0 spiro atoms. The molecule has 0 amide bonds. The molecule has 1 unspecified atom stereocenters. The molecule has 0 aliphatic heterocycles. The number of benzene rings is 1. The summed E-state index contributed by atoms with van der Waals surface area (Å²) < 4.78 is 5.22. The van der Waals surface area contributed by atoms with Gasteiger partial charge in [0.15, 0.2) is 6.61 Å². The molecule has 0 saturated heterocycles. The summed E-state index contributed by atoms with van der Waals surface area (Å²) in [5.41, 5.74) is 1.27. The third-order valence-corrected chi connectivity index (χ3v) is 3.27. The summed E-state index contributed by atoms with van der Waals surface area (Å²) in [4.78, 5) is 0. The van der Waals surface area contributed by atoms with E-state index in [9.17, 15) is 0 Å². The van der Waals surface area contributed by atoms with Gasteiger partial charge < -0.3 is 10.1 Å². The molecule has 17 heavy (non-hydrogen) atoms. The van der Waals surface area contributed by atoms with E-state index in [1.165, 1.54) is 24.8 Å². The second-order valence-electron chi connectivity index (χ2n) is 4.53. The zero-order valence-corrected chi connectivity index (χ0v) is 10.1. The molecule has 0 heterocycles. The van der Waals surface area contributed by atoms with Gasteiger partial charge in [0.25, 0.3) is 0 Å². The van der Waals surface area contributed by atoms with E-state index in [4.69, 9.17) is 10.00 Å². The van der Waals surface area contributed by atoms with Crippen LogP contribution < -0.4 is 10.1 Å². The summed E-state index contributed by atoms with van der Waals surface area (Å²) in [6.45, 7) is 2.29. The van der Waals surface area contributed by atoms with Crippen LogP contribution in [-0.2, 0) is 0 Å². The predicted octanol–water partition coefficient (Wildman–Crippen LogP) is 2.79. The Hall–Kier alpha value is -1.53. The number of nitrogens with zero attached hydrogens (tertiary/aromatic N) is 1. The number of nitriles is 1. The highest BCUT2D eigenvalue weighted by Crippen LogP contribution is 2.23. The number of nitrogens with one attached hydrogen (secondary N) is 1. The van der Waals surface area contributed by atoms with Crippen LogP contribution in [-0.4, -0.2) is 12.6 Å². The Morgan fingerprint density at radius 2 is 2.12 bits per heavy atom. The molecule has 3 nitrogen and oxygen atoms in total. The predicted molar refractivity (Wildman–Crippen MR) is 66.7 cm³/mol. The van der Waals surface area contributed by atoms with E-state index in [1.54, 1.807) is 0 Å². The third kappa shape index (κ3) is 3.21. The smallest absolute Gasteiger partial charge is 0.174 e. The molecule has 1 aromatic carbocycles. The molecule has 1 N–H and O–H groups in total. The van der Waals surface area contributed by atoms with Gasteiger partial charge in [-0.15, -0.1) is 0 Å². The van der Waals surface area contributed by atoms with Gasteiger partial charge in [0.05, 0.1) is 0 Å². The highest BCUT2D eigenvalue weighted by Gasteiger charge is 2.19. The SMILES string of the molecule is CC(NC1CCC1)c1ccc(OCC#N)cc1. The van der Waals surface area contributed by atoms with Gasteiger partial charge in [0.2, 0.25) is 0 Å². The minimum absolute atomic E-state index is 0.106. The van der Waals surface area contributed by atoms with Gasteiger partial charge in [-0.05, 0) is 37.5 Å². The van der Waals surface area contributed by atoms with Crippen molar-refractivity contribution >= 4 is 0 Å².